The lowest BCUT2D eigenvalue weighted by atomic mass is 9.83. The molecule has 17 heavy (non-hydrogen) atoms. The number of hydrogen-bond acceptors (Lipinski definition) is 2. The van der Waals surface area contributed by atoms with Crippen LogP contribution < -0.4 is 5.32 Å². The van der Waals surface area contributed by atoms with E-state index in [0.717, 1.165) is 24.0 Å². The van der Waals surface area contributed by atoms with Crippen molar-refractivity contribution < 1.29 is 0 Å². The summed E-state index contributed by atoms with van der Waals surface area (Å²) in [5, 5.41) is 3.51. The van der Waals surface area contributed by atoms with Gasteiger partial charge in [-0.3, -0.25) is 4.90 Å². The molecule has 0 amide bonds. The molecule has 0 radical (unpaired) electrons. The number of rotatable bonds is 4. The monoisotopic (exact) mass is 238 g/mol. The number of likely N-dealkylation sites (N-methyl/N-ethyl adjacent to an activating group) is 2. The highest BCUT2D eigenvalue weighted by atomic mass is 15.2. The Labute approximate surface area is 107 Å². The zero-order valence-electron chi connectivity index (χ0n) is 11.9. The molecule has 2 saturated carbocycles. The van der Waals surface area contributed by atoms with Crippen molar-refractivity contribution in [3.63, 3.8) is 0 Å². The normalized spacial score (nSPS) is 38.8. The van der Waals surface area contributed by atoms with E-state index in [-0.39, 0.29) is 0 Å². The Morgan fingerprint density at radius 2 is 1.76 bits per heavy atom. The Morgan fingerprint density at radius 3 is 2.35 bits per heavy atom. The average molecular weight is 238 g/mol. The molecular weight excluding hydrogens is 208 g/mol. The third kappa shape index (κ3) is 3.03. The Bertz CT molecular complexity index is 221. The third-order valence-corrected chi connectivity index (χ3v) is 5.34. The van der Waals surface area contributed by atoms with Crippen LogP contribution in [0, 0.1) is 5.92 Å². The molecule has 0 aliphatic heterocycles. The van der Waals surface area contributed by atoms with Gasteiger partial charge in [0.2, 0.25) is 0 Å². The summed E-state index contributed by atoms with van der Waals surface area (Å²) in [6.45, 7) is 2.35. The number of hydrogen-bond donors (Lipinski definition) is 1. The summed E-state index contributed by atoms with van der Waals surface area (Å²) < 4.78 is 0. The van der Waals surface area contributed by atoms with Crippen molar-refractivity contribution in [3.8, 4) is 0 Å². The van der Waals surface area contributed by atoms with Crippen LogP contribution in [0.5, 0.6) is 0 Å². The zero-order chi connectivity index (χ0) is 12.3. The molecule has 1 N–H and O–H groups in total. The number of nitrogens with one attached hydrogen (secondary N) is 1. The van der Waals surface area contributed by atoms with Gasteiger partial charge in [-0.2, -0.15) is 0 Å². The van der Waals surface area contributed by atoms with Crippen molar-refractivity contribution in [2.75, 3.05) is 14.1 Å². The molecule has 2 atom stereocenters. The van der Waals surface area contributed by atoms with E-state index >= 15 is 0 Å². The lowest BCUT2D eigenvalue weighted by molar-refractivity contribution is 0.108. The standard InChI is InChI=1S/C15H30N2/c1-4-12-8-10-13(11-9-12)17(3)15-7-5-6-14(15)16-2/h12-16H,4-11H2,1-3H3. The first kappa shape index (κ1) is 13.4. The molecule has 2 aliphatic carbocycles. The maximum atomic E-state index is 3.51. The van der Waals surface area contributed by atoms with Gasteiger partial charge in [-0.05, 0) is 58.5 Å². The fourth-order valence-corrected chi connectivity index (χ4v) is 4.00. The first-order chi connectivity index (χ1) is 8.26. The minimum absolute atomic E-state index is 0.740. The first-order valence-corrected chi connectivity index (χ1v) is 7.65. The molecule has 100 valence electrons. The van der Waals surface area contributed by atoms with Crippen molar-refractivity contribution in [1.29, 1.82) is 0 Å². The van der Waals surface area contributed by atoms with Gasteiger partial charge in [-0.1, -0.05) is 19.8 Å². The van der Waals surface area contributed by atoms with Crippen LogP contribution in [0.4, 0.5) is 0 Å². The maximum absolute atomic E-state index is 3.51. The molecule has 0 spiro atoms. The van der Waals surface area contributed by atoms with Gasteiger partial charge in [0.1, 0.15) is 0 Å². The van der Waals surface area contributed by atoms with E-state index in [4.69, 9.17) is 0 Å². The van der Waals surface area contributed by atoms with Gasteiger partial charge in [0, 0.05) is 18.1 Å². The highest BCUT2D eigenvalue weighted by Gasteiger charge is 2.33. The van der Waals surface area contributed by atoms with E-state index in [0.29, 0.717) is 0 Å². The van der Waals surface area contributed by atoms with Gasteiger partial charge >= 0.3 is 0 Å². The van der Waals surface area contributed by atoms with Crippen LogP contribution >= 0.6 is 0 Å². The topological polar surface area (TPSA) is 15.3 Å². The van der Waals surface area contributed by atoms with Crippen LogP contribution in [-0.2, 0) is 0 Å². The Kier molecular flexibility index (Phi) is 4.87. The molecule has 2 aliphatic rings. The minimum atomic E-state index is 0.740. The third-order valence-electron chi connectivity index (χ3n) is 5.34. The lowest BCUT2D eigenvalue weighted by Crippen LogP contribution is -2.49. The van der Waals surface area contributed by atoms with E-state index in [1.165, 1.54) is 51.4 Å². The molecule has 0 aromatic carbocycles. The quantitative estimate of drug-likeness (QED) is 0.810. The molecule has 2 nitrogen and oxygen atoms in total. The minimum Gasteiger partial charge on any atom is -0.315 e. The predicted octanol–water partition coefficient (Wildman–Crippen LogP) is 3.03. The molecular formula is C15H30N2. The second kappa shape index (κ2) is 6.19. The van der Waals surface area contributed by atoms with E-state index in [9.17, 15) is 0 Å². The smallest absolute Gasteiger partial charge is 0.0249 e. The lowest BCUT2D eigenvalue weighted by Gasteiger charge is -2.39. The van der Waals surface area contributed by atoms with Crippen LogP contribution in [0.15, 0.2) is 0 Å². The Hall–Kier alpha value is -0.0800. The van der Waals surface area contributed by atoms with Crippen LogP contribution in [0.25, 0.3) is 0 Å². The second-order valence-electron chi connectivity index (χ2n) is 6.14. The van der Waals surface area contributed by atoms with Crippen LogP contribution in [0.1, 0.15) is 58.3 Å². The summed E-state index contributed by atoms with van der Waals surface area (Å²) >= 11 is 0. The Balaban J connectivity index is 1.85. The van der Waals surface area contributed by atoms with Gasteiger partial charge in [0.25, 0.3) is 0 Å². The van der Waals surface area contributed by atoms with Gasteiger partial charge in [0.15, 0.2) is 0 Å². The Morgan fingerprint density at radius 1 is 1.06 bits per heavy atom. The highest BCUT2D eigenvalue weighted by Crippen LogP contribution is 2.32. The molecule has 0 aromatic rings. The first-order valence-electron chi connectivity index (χ1n) is 7.65. The highest BCUT2D eigenvalue weighted by molar-refractivity contribution is 4.92. The van der Waals surface area contributed by atoms with E-state index < -0.39 is 0 Å². The van der Waals surface area contributed by atoms with Crippen molar-refractivity contribution in [3.05, 3.63) is 0 Å². The molecule has 0 bridgehead atoms. The molecule has 2 fully saturated rings. The predicted molar refractivity (Wildman–Crippen MR) is 74.3 cm³/mol. The summed E-state index contributed by atoms with van der Waals surface area (Å²) in [5.41, 5.74) is 0. The summed E-state index contributed by atoms with van der Waals surface area (Å²) in [7, 11) is 4.50. The fraction of sp³-hybridized carbons (Fsp3) is 1.00. The van der Waals surface area contributed by atoms with E-state index in [1.54, 1.807) is 0 Å². The van der Waals surface area contributed by atoms with E-state index in [1.807, 2.05) is 0 Å². The van der Waals surface area contributed by atoms with Crippen LogP contribution in [-0.4, -0.2) is 37.1 Å². The summed E-state index contributed by atoms with van der Waals surface area (Å²) in [5.74, 6) is 1.02. The molecule has 0 saturated heterocycles. The van der Waals surface area contributed by atoms with Gasteiger partial charge in [-0.15, -0.1) is 0 Å². The maximum Gasteiger partial charge on any atom is 0.0249 e. The van der Waals surface area contributed by atoms with Crippen molar-refractivity contribution >= 4 is 0 Å². The summed E-state index contributed by atoms with van der Waals surface area (Å²) in [6.07, 6.45) is 11.4. The molecule has 0 heterocycles. The average Bonchev–Trinajstić information content (AvgIpc) is 2.86. The largest absolute Gasteiger partial charge is 0.315 e. The van der Waals surface area contributed by atoms with Gasteiger partial charge < -0.3 is 5.32 Å². The SMILES string of the molecule is CCC1CCC(N(C)C2CCCC2NC)CC1. The fourth-order valence-electron chi connectivity index (χ4n) is 4.00. The van der Waals surface area contributed by atoms with Crippen molar-refractivity contribution in [2.24, 2.45) is 5.92 Å². The molecule has 0 aromatic heterocycles. The zero-order valence-corrected chi connectivity index (χ0v) is 11.9. The summed E-state index contributed by atoms with van der Waals surface area (Å²) in [6, 6.07) is 2.39. The van der Waals surface area contributed by atoms with Crippen LogP contribution in [0.2, 0.25) is 0 Å². The molecule has 2 unspecified atom stereocenters. The molecule has 2 rings (SSSR count). The van der Waals surface area contributed by atoms with Crippen molar-refractivity contribution in [2.45, 2.75) is 76.4 Å². The van der Waals surface area contributed by atoms with Gasteiger partial charge in [-0.25, -0.2) is 0 Å². The molecule has 2 heteroatoms. The van der Waals surface area contributed by atoms with E-state index in [2.05, 4.69) is 31.2 Å². The van der Waals surface area contributed by atoms with Crippen molar-refractivity contribution in [1.82, 2.24) is 10.2 Å². The number of nitrogens with zero attached hydrogens (tertiary/aromatic N) is 1. The van der Waals surface area contributed by atoms with Crippen LogP contribution in [0.3, 0.4) is 0 Å². The summed E-state index contributed by atoms with van der Waals surface area (Å²) in [4.78, 5) is 2.71. The van der Waals surface area contributed by atoms with Gasteiger partial charge in [0.05, 0.1) is 0 Å². The second-order valence-corrected chi connectivity index (χ2v) is 6.14.